The zero-order chi connectivity index (χ0) is 20.1. The lowest BCUT2D eigenvalue weighted by Gasteiger charge is -2.15. The molecule has 0 saturated carbocycles. The van der Waals surface area contributed by atoms with E-state index in [9.17, 15) is 9.59 Å². The van der Waals surface area contributed by atoms with Crippen LogP contribution in [0, 0.1) is 0 Å². The van der Waals surface area contributed by atoms with E-state index in [1.54, 1.807) is 24.3 Å². The van der Waals surface area contributed by atoms with E-state index < -0.39 is 0 Å². The number of hydrogen-bond donors (Lipinski definition) is 1. The standard InChI is InChI=1S/C21H20BrClN2O3/c1-2-28-12-4-11-25-20(26)18(14-7-9-16(23)10-8-14)19(21(25)27)24-17-6-3-5-15(22)13-17/h3,5-10,13,24H,2,4,11-12H2,1H3. The Morgan fingerprint density at radius 3 is 2.54 bits per heavy atom. The number of nitrogens with zero attached hydrogens (tertiary/aromatic N) is 1. The molecule has 0 aliphatic carbocycles. The quantitative estimate of drug-likeness (QED) is 0.454. The fourth-order valence-electron chi connectivity index (χ4n) is 2.96. The summed E-state index contributed by atoms with van der Waals surface area (Å²) in [5, 5.41) is 3.70. The summed E-state index contributed by atoms with van der Waals surface area (Å²) in [6.45, 7) is 3.31. The van der Waals surface area contributed by atoms with E-state index in [-0.39, 0.29) is 17.5 Å². The molecule has 0 unspecified atom stereocenters. The monoisotopic (exact) mass is 462 g/mol. The number of benzene rings is 2. The fraction of sp³-hybridized carbons (Fsp3) is 0.238. The SMILES string of the molecule is CCOCCCN1C(=O)C(Nc2cccc(Br)c2)=C(c2ccc(Cl)cc2)C1=O. The molecule has 0 fully saturated rings. The summed E-state index contributed by atoms with van der Waals surface area (Å²) in [4.78, 5) is 27.3. The first kappa shape index (κ1) is 20.6. The summed E-state index contributed by atoms with van der Waals surface area (Å²) in [5.74, 6) is -0.659. The summed E-state index contributed by atoms with van der Waals surface area (Å²) >= 11 is 9.40. The molecule has 0 radical (unpaired) electrons. The largest absolute Gasteiger partial charge is 0.382 e. The summed E-state index contributed by atoms with van der Waals surface area (Å²) in [6, 6.07) is 14.3. The van der Waals surface area contributed by atoms with Crippen LogP contribution in [0.5, 0.6) is 0 Å². The van der Waals surface area contributed by atoms with Gasteiger partial charge in [0.2, 0.25) is 0 Å². The predicted molar refractivity (Wildman–Crippen MR) is 114 cm³/mol. The Morgan fingerprint density at radius 1 is 1.11 bits per heavy atom. The molecule has 0 bridgehead atoms. The number of carbonyl (C=O) groups excluding carboxylic acids is 2. The van der Waals surface area contributed by atoms with E-state index in [1.165, 1.54) is 4.90 Å². The van der Waals surface area contributed by atoms with Gasteiger partial charge in [-0.25, -0.2) is 0 Å². The molecule has 1 aliphatic rings. The van der Waals surface area contributed by atoms with Gasteiger partial charge >= 0.3 is 0 Å². The lowest BCUT2D eigenvalue weighted by molar-refractivity contribution is -0.137. The van der Waals surface area contributed by atoms with Gasteiger partial charge in [-0.15, -0.1) is 0 Å². The molecule has 1 heterocycles. The van der Waals surface area contributed by atoms with Crippen molar-refractivity contribution in [2.45, 2.75) is 13.3 Å². The number of rotatable bonds is 8. The Labute approximate surface area is 177 Å². The van der Waals surface area contributed by atoms with Crippen LogP contribution in [-0.4, -0.2) is 36.5 Å². The maximum atomic E-state index is 13.1. The molecule has 0 aromatic heterocycles. The molecule has 2 amide bonds. The van der Waals surface area contributed by atoms with Crippen molar-refractivity contribution in [2.75, 3.05) is 25.1 Å². The molecule has 1 N–H and O–H groups in total. The molecule has 3 rings (SSSR count). The molecule has 5 nitrogen and oxygen atoms in total. The molecule has 2 aromatic carbocycles. The van der Waals surface area contributed by atoms with Gasteiger partial charge in [-0.3, -0.25) is 14.5 Å². The highest BCUT2D eigenvalue weighted by molar-refractivity contribution is 9.10. The predicted octanol–water partition coefficient (Wildman–Crippen LogP) is 4.72. The molecule has 0 spiro atoms. The second-order valence-corrected chi connectivity index (χ2v) is 7.56. The zero-order valence-corrected chi connectivity index (χ0v) is 17.7. The third-order valence-electron chi connectivity index (χ3n) is 4.27. The van der Waals surface area contributed by atoms with Crippen LogP contribution in [0.25, 0.3) is 5.57 Å². The molecule has 0 atom stereocenters. The van der Waals surface area contributed by atoms with Crippen LogP contribution in [0.2, 0.25) is 5.02 Å². The van der Waals surface area contributed by atoms with Gasteiger partial charge in [0, 0.05) is 34.9 Å². The lowest BCUT2D eigenvalue weighted by Crippen LogP contribution is -2.34. The van der Waals surface area contributed by atoms with E-state index in [0.29, 0.717) is 48.0 Å². The van der Waals surface area contributed by atoms with Crippen molar-refractivity contribution in [3.8, 4) is 0 Å². The number of halogens is 2. The average Bonchev–Trinajstić information content (AvgIpc) is 2.90. The fourth-order valence-corrected chi connectivity index (χ4v) is 3.48. The smallest absolute Gasteiger partial charge is 0.278 e. The maximum absolute atomic E-state index is 13.1. The Morgan fingerprint density at radius 2 is 1.86 bits per heavy atom. The number of hydrogen-bond acceptors (Lipinski definition) is 4. The van der Waals surface area contributed by atoms with Crippen molar-refractivity contribution >= 4 is 50.6 Å². The van der Waals surface area contributed by atoms with Crippen molar-refractivity contribution in [1.82, 2.24) is 4.90 Å². The zero-order valence-electron chi connectivity index (χ0n) is 15.4. The lowest BCUT2D eigenvalue weighted by atomic mass is 10.0. The van der Waals surface area contributed by atoms with Gasteiger partial charge in [-0.05, 0) is 49.2 Å². The van der Waals surface area contributed by atoms with E-state index in [4.69, 9.17) is 16.3 Å². The molecular weight excluding hydrogens is 444 g/mol. The van der Waals surface area contributed by atoms with Crippen LogP contribution in [0.4, 0.5) is 5.69 Å². The van der Waals surface area contributed by atoms with Crippen LogP contribution in [0.1, 0.15) is 18.9 Å². The molecule has 28 heavy (non-hydrogen) atoms. The average molecular weight is 464 g/mol. The number of carbonyl (C=O) groups is 2. The summed E-state index contributed by atoms with van der Waals surface area (Å²) in [6.07, 6.45) is 0.587. The Kier molecular flexibility index (Phi) is 6.88. The maximum Gasteiger partial charge on any atom is 0.278 e. The van der Waals surface area contributed by atoms with Gasteiger partial charge in [-0.2, -0.15) is 0 Å². The van der Waals surface area contributed by atoms with E-state index in [0.717, 1.165) is 4.47 Å². The van der Waals surface area contributed by atoms with E-state index in [2.05, 4.69) is 21.2 Å². The first-order valence-electron chi connectivity index (χ1n) is 8.98. The van der Waals surface area contributed by atoms with Crippen molar-refractivity contribution < 1.29 is 14.3 Å². The molecule has 2 aromatic rings. The van der Waals surface area contributed by atoms with Gasteiger partial charge in [0.15, 0.2) is 0 Å². The number of amides is 2. The van der Waals surface area contributed by atoms with Gasteiger partial charge in [0.05, 0.1) is 5.57 Å². The van der Waals surface area contributed by atoms with E-state index in [1.807, 2.05) is 31.2 Å². The van der Waals surface area contributed by atoms with E-state index >= 15 is 0 Å². The van der Waals surface area contributed by atoms with Crippen LogP contribution < -0.4 is 5.32 Å². The molecule has 1 aliphatic heterocycles. The summed E-state index contributed by atoms with van der Waals surface area (Å²) in [5.41, 5.74) is 1.97. The van der Waals surface area contributed by atoms with Crippen molar-refractivity contribution in [3.63, 3.8) is 0 Å². The number of nitrogens with one attached hydrogen (secondary N) is 1. The van der Waals surface area contributed by atoms with Crippen LogP contribution in [-0.2, 0) is 14.3 Å². The number of anilines is 1. The highest BCUT2D eigenvalue weighted by atomic mass is 79.9. The van der Waals surface area contributed by atoms with Crippen molar-refractivity contribution in [3.05, 3.63) is 69.3 Å². The van der Waals surface area contributed by atoms with Gasteiger partial charge < -0.3 is 10.1 Å². The minimum Gasteiger partial charge on any atom is -0.382 e. The van der Waals surface area contributed by atoms with Gasteiger partial charge in [0.1, 0.15) is 5.70 Å². The first-order valence-corrected chi connectivity index (χ1v) is 10.1. The highest BCUT2D eigenvalue weighted by Crippen LogP contribution is 2.31. The summed E-state index contributed by atoms with van der Waals surface area (Å²) in [7, 11) is 0. The minimum absolute atomic E-state index is 0.266. The Hall–Kier alpha value is -2.15. The second kappa shape index (κ2) is 9.37. The number of ether oxygens (including phenoxy) is 1. The molecule has 146 valence electrons. The second-order valence-electron chi connectivity index (χ2n) is 6.20. The third kappa shape index (κ3) is 4.63. The first-order chi connectivity index (χ1) is 13.5. The molecule has 7 heteroatoms. The Balaban J connectivity index is 1.93. The molecular formula is C21H20BrClN2O3. The van der Waals surface area contributed by atoms with Crippen LogP contribution in [0.3, 0.4) is 0 Å². The van der Waals surface area contributed by atoms with Gasteiger partial charge in [0.25, 0.3) is 11.8 Å². The summed E-state index contributed by atoms with van der Waals surface area (Å²) < 4.78 is 6.20. The van der Waals surface area contributed by atoms with Gasteiger partial charge in [-0.1, -0.05) is 45.7 Å². The van der Waals surface area contributed by atoms with Crippen LogP contribution >= 0.6 is 27.5 Å². The highest BCUT2D eigenvalue weighted by Gasteiger charge is 2.38. The normalized spacial score (nSPS) is 14.2. The Bertz CT molecular complexity index is 912. The topological polar surface area (TPSA) is 58.6 Å². The van der Waals surface area contributed by atoms with Crippen LogP contribution in [0.15, 0.2) is 58.7 Å². The minimum atomic E-state index is -0.341. The molecule has 0 saturated heterocycles. The van der Waals surface area contributed by atoms with Crippen molar-refractivity contribution in [1.29, 1.82) is 0 Å². The number of imide groups is 1. The van der Waals surface area contributed by atoms with Crippen molar-refractivity contribution in [2.24, 2.45) is 0 Å². The third-order valence-corrected chi connectivity index (χ3v) is 5.01.